The molecule has 0 aromatic carbocycles. The number of ether oxygens (including phenoxy) is 1. The van der Waals surface area contributed by atoms with Crippen molar-refractivity contribution in [1.82, 2.24) is 4.98 Å². The molecule has 5 heteroatoms. The van der Waals surface area contributed by atoms with Crippen molar-refractivity contribution in [1.29, 1.82) is 0 Å². The van der Waals surface area contributed by atoms with Crippen LogP contribution in [0.1, 0.15) is 91.2 Å². The summed E-state index contributed by atoms with van der Waals surface area (Å²) in [6, 6.07) is 5.82. The second kappa shape index (κ2) is 8.83. The molecule has 0 unspecified atom stereocenters. The number of nitrogens with one attached hydrogen (secondary N) is 1. The summed E-state index contributed by atoms with van der Waals surface area (Å²) in [6.07, 6.45) is 9.69. The van der Waals surface area contributed by atoms with E-state index >= 15 is 0 Å². The molecule has 1 aromatic rings. The first-order valence-corrected chi connectivity index (χ1v) is 14.1. The van der Waals surface area contributed by atoms with Crippen LogP contribution in [0.3, 0.4) is 0 Å². The topological polar surface area (TPSA) is 71.5 Å². The molecule has 35 heavy (non-hydrogen) atoms. The molecule has 0 saturated heterocycles. The molecule has 0 bridgehead atoms. The first-order chi connectivity index (χ1) is 16.5. The van der Waals surface area contributed by atoms with E-state index in [1.165, 1.54) is 19.3 Å². The summed E-state index contributed by atoms with van der Waals surface area (Å²) >= 11 is 0. The minimum atomic E-state index is -0.655. The highest BCUT2D eigenvalue weighted by Gasteiger charge is 2.66. The van der Waals surface area contributed by atoms with Crippen LogP contribution >= 0.6 is 0 Å². The molecule has 1 amide bonds. The zero-order valence-electron chi connectivity index (χ0n) is 22.5. The lowest BCUT2D eigenvalue weighted by molar-refractivity contribution is -0.196. The standard InChI is InChI=1S/C30H46N2O3/c1-6-35-19-30(34)17-16-27(3)21(18-30)12-14-29(5)23-11-10-22(28(23,4)15-13-24(27)29)26(33)32-25-9-7-8-20(2)31-25/h7-9,21-24,34H,6,10-19H2,1-5H3,(H,31,32,33)/t21-,22-,23-,24-,27+,28-,29+,30-/m1/s1. The van der Waals surface area contributed by atoms with E-state index in [9.17, 15) is 9.90 Å². The number of aryl methyl sites for hydroxylation is 1. The molecule has 8 atom stereocenters. The number of nitrogens with zero attached hydrogens (tertiary/aromatic N) is 1. The summed E-state index contributed by atoms with van der Waals surface area (Å²) in [5.41, 5.74) is 0.865. The van der Waals surface area contributed by atoms with Crippen molar-refractivity contribution >= 4 is 11.7 Å². The van der Waals surface area contributed by atoms with E-state index < -0.39 is 5.60 Å². The highest BCUT2D eigenvalue weighted by atomic mass is 16.5. The molecule has 4 aliphatic carbocycles. The Balaban J connectivity index is 1.34. The Kier molecular flexibility index (Phi) is 6.36. The maximum Gasteiger partial charge on any atom is 0.229 e. The van der Waals surface area contributed by atoms with Crippen LogP contribution in [-0.4, -0.2) is 34.8 Å². The molecule has 4 aliphatic rings. The maximum absolute atomic E-state index is 13.5. The minimum Gasteiger partial charge on any atom is -0.387 e. The van der Waals surface area contributed by atoms with Gasteiger partial charge in [-0.3, -0.25) is 4.79 Å². The third-order valence-electron chi connectivity index (χ3n) is 11.4. The van der Waals surface area contributed by atoms with Crippen LogP contribution in [0.15, 0.2) is 18.2 Å². The van der Waals surface area contributed by atoms with Crippen molar-refractivity contribution in [3.63, 3.8) is 0 Å². The Bertz CT molecular complexity index is 967. The Morgan fingerprint density at radius 1 is 1.03 bits per heavy atom. The Hall–Kier alpha value is -1.46. The third kappa shape index (κ3) is 4.05. The van der Waals surface area contributed by atoms with E-state index in [1.807, 2.05) is 32.0 Å². The van der Waals surface area contributed by atoms with Gasteiger partial charge in [-0.05, 0) is 118 Å². The van der Waals surface area contributed by atoms with Gasteiger partial charge in [-0.15, -0.1) is 0 Å². The van der Waals surface area contributed by atoms with Crippen LogP contribution < -0.4 is 5.32 Å². The average Bonchev–Trinajstić information content (AvgIpc) is 3.17. The molecule has 4 saturated carbocycles. The summed E-state index contributed by atoms with van der Waals surface area (Å²) in [5.74, 6) is 2.71. The fourth-order valence-corrected chi connectivity index (χ4v) is 9.68. The van der Waals surface area contributed by atoms with Crippen LogP contribution in [-0.2, 0) is 9.53 Å². The van der Waals surface area contributed by atoms with Gasteiger partial charge in [0, 0.05) is 18.2 Å². The number of pyridine rings is 1. The van der Waals surface area contributed by atoms with Gasteiger partial charge in [-0.1, -0.05) is 26.8 Å². The second-order valence-electron chi connectivity index (χ2n) is 13.2. The first kappa shape index (κ1) is 25.2. The Morgan fingerprint density at radius 2 is 1.77 bits per heavy atom. The van der Waals surface area contributed by atoms with E-state index in [2.05, 4.69) is 31.1 Å². The summed E-state index contributed by atoms with van der Waals surface area (Å²) in [6.45, 7) is 12.6. The number of carbonyl (C=O) groups is 1. The van der Waals surface area contributed by atoms with Crippen molar-refractivity contribution < 1.29 is 14.6 Å². The number of amides is 1. The van der Waals surface area contributed by atoms with Gasteiger partial charge in [0.15, 0.2) is 0 Å². The van der Waals surface area contributed by atoms with Crippen molar-refractivity contribution in [3.8, 4) is 0 Å². The van der Waals surface area contributed by atoms with E-state index in [4.69, 9.17) is 4.74 Å². The summed E-state index contributed by atoms with van der Waals surface area (Å²) in [7, 11) is 0. The smallest absolute Gasteiger partial charge is 0.229 e. The van der Waals surface area contributed by atoms with Gasteiger partial charge < -0.3 is 15.2 Å². The van der Waals surface area contributed by atoms with Crippen molar-refractivity contribution in [3.05, 3.63) is 23.9 Å². The van der Waals surface area contributed by atoms with Crippen molar-refractivity contribution in [2.75, 3.05) is 18.5 Å². The predicted molar refractivity (Wildman–Crippen MR) is 139 cm³/mol. The highest BCUT2D eigenvalue weighted by molar-refractivity contribution is 5.92. The number of aromatic nitrogens is 1. The molecule has 1 aromatic heterocycles. The fourth-order valence-electron chi connectivity index (χ4n) is 9.68. The zero-order valence-corrected chi connectivity index (χ0v) is 22.5. The van der Waals surface area contributed by atoms with E-state index in [1.54, 1.807) is 0 Å². The number of carbonyl (C=O) groups excluding carboxylic acids is 1. The number of hydrogen-bond donors (Lipinski definition) is 2. The fraction of sp³-hybridized carbons (Fsp3) is 0.800. The second-order valence-corrected chi connectivity index (χ2v) is 13.2. The van der Waals surface area contributed by atoms with Gasteiger partial charge in [-0.2, -0.15) is 0 Å². The lowest BCUT2D eigenvalue weighted by atomic mass is 9.39. The maximum atomic E-state index is 13.5. The molecule has 194 valence electrons. The van der Waals surface area contributed by atoms with E-state index in [-0.39, 0.29) is 28.1 Å². The van der Waals surface area contributed by atoms with Gasteiger partial charge in [-0.25, -0.2) is 4.98 Å². The molecule has 0 spiro atoms. The van der Waals surface area contributed by atoms with Crippen molar-refractivity contribution in [2.45, 2.75) is 98.0 Å². The molecule has 0 radical (unpaired) electrons. The predicted octanol–water partition coefficient (Wildman–Crippen LogP) is 6.15. The summed E-state index contributed by atoms with van der Waals surface area (Å²) in [5, 5.41) is 14.4. The van der Waals surface area contributed by atoms with Crippen molar-refractivity contribution in [2.24, 2.45) is 39.9 Å². The number of aliphatic hydroxyl groups is 1. The third-order valence-corrected chi connectivity index (χ3v) is 11.4. The van der Waals surface area contributed by atoms with Crippen LogP contribution in [0.4, 0.5) is 5.82 Å². The molecule has 5 rings (SSSR count). The van der Waals surface area contributed by atoms with Gasteiger partial charge in [0.1, 0.15) is 5.82 Å². The SMILES string of the molecule is CCOC[C@@]1(O)CC[C@@]2(C)[C@H](CC[C@]3(C)[C@@H]2CC[C@@]2(C)[C@H]3CC[C@@H]2C(=O)Nc2cccc(C)n2)C1. The van der Waals surface area contributed by atoms with E-state index in [0.717, 1.165) is 44.2 Å². The van der Waals surface area contributed by atoms with E-state index in [0.29, 0.717) is 36.8 Å². The Labute approximate surface area is 211 Å². The first-order valence-electron chi connectivity index (χ1n) is 14.1. The van der Waals surface area contributed by atoms with Gasteiger partial charge in [0.25, 0.3) is 0 Å². The molecule has 4 fully saturated rings. The highest BCUT2D eigenvalue weighted by Crippen LogP contribution is 2.72. The molecule has 0 aliphatic heterocycles. The van der Waals surface area contributed by atoms with Gasteiger partial charge in [0.2, 0.25) is 5.91 Å². The lowest BCUT2D eigenvalue weighted by Crippen LogP contribution is -2.61. The van der Waals surface area contributed by atoms with Crippen LogP contribution in [0.5, 0.6) is 0 Å². The molecule has 1 heterocycles. The Morgan fingerprint density at radius 3 is 2.51 bits per heavy atom. The largest absolute Gasteiger partial charge is 0.387 e. The number of hydrogen-bond acceptors (Lipinski definition) is 4. The molecular weight excluding hydrogens is 436 g/mol. The average molecular weight is 483 g/mol. The quantitative estimate of drug-likeness (QED) is 0.528. The molecular formula is C30H46N2O3. The van der Waals surface area contributed by atoms with Crippen LogP contribution in [0.25, 0.3) is 0 Å². The van der Waals surface area contributed by atoms with Crippen LogP contribution in [0, 0.1) is 46.8 Å². The van der Waals surface area contributed by atoms with Gasteiger partial charge >= 0.3 is 0 Å². The summed E-state index contributed by atoms with van der Waals surface area (Å²) < 4.78 is 5.68. The molecule has 2 N–H and O–H groups in total. The monoisotopic (exact) mass is 482 g/mol. The van der Waals surface area contributed by atoms with Gasteiger partial charge in [0.05, 0.1) is 12.2 Å². The normalized spacial score (nSPS) is 44.7. The number of rotatable bonds is 5. The molecule has 5 nitrogen and oxygen atoms in total. The zero-order chi connectivity index (χ0) is 25.1. The lowest BCUT2D eigenvalue weighted by Gasteiger charge is -2.66. The minimum absolute atomic E-state index is 0.0483. The number of anilines is 1. The summed E-state index contributed by atoms with van der Waals surface area (Å²) in [4.78, 5) is 18.0. The number of fused-ring (bicyclic) bond motifs is 5. The van der Waals surface area contributed by atoms with Crippen LogP contribution in [0.2, 0.25) is 0 Å².